The quantitative estimate of drug-likeness (QED) is 0.704. The Balaban J connectivity index is 2.20. The van der Waals surface area contributed by atoms with Crippen LogP contribution in [0.15, 0.2) is 30.3 Å². The largest absolute Gasteiger partial charge is 0.310 e. The Morgan fingerprint density at radius 3 is 2.52 bits per heavy atom. The first-order valence-electron chi connectivity index (χ1n) is 7.70. The summed E-state index contributed by atoms with van der Waals surface area (Å²) in [6, 6.07) is 11.2. The highest BCUT2D eigenvalue weighted by Crippen LogP contribution is 2.26. The van der Waals surface area contributed by atoms with Gasteiger partial charge in [0, 0.05) is 27.2 Å². The lowest BCUT2D eigenvalue weighted by atomic mass is 10.0. The van der Waals surface area contributed by atoms with Crippen LogP contribution in [-0.2, 0) is 12.8 Å². The summed E-state index contributed by atoms with van der Waals surface area (Å²) in [7, 11) is 0. The van der Waals surface area contributed by atoms with Gasteiger partial charge >= 0.3 is 0 Å². The number of hydrogen-bond acceptors (Lipinski definition) is 2. The predicted octanol–water partition coefficient (Wildman–Crippen LogP) is 5.56. The smallest absolute Gasteiger partial charge is 0.0411 e. The first kappa shape index (κ1) is 16.5. The van der Waals surface area contributed by atoms with Crippen molar-refractivity contribution in [1.29, 1.82) is 0 Å². The molecule has 1 heterocycles. The molecule has 2 rings (SSSR count). The van der Waals surface area contributed by atoms with E-state index in [9.17, 15) is 0 Å². The number of thiophene rings is 1. The normalized spacial score (nSPS) is 12.6. The van der Waals surface area contributed by atoms with E-state index in [-0.39, 0.29) is 0 Å². The fraction of sp³-hybridized carbons (Fsp3) is 0.444. The Kier molecular flexibility index (Phi) is 6.28. The number of aryl methyl sites for hydroxylation is 2. The highest BCUT2D eigenvalue weighted by molar-refractivity contribution is 7.11. The molecule has 2 aromatic rings. The lowest BCUT2D eigenvalue weighted by Gasteiger charge is -2.19. The molecule has 1 aromatic heterocycles. The zero-order valence-electron chi connectivity index (χ0n) is 13.1. The standard InChI is InChI=1S/C18H24ClNS/c1-4-8-20-18(12-17-7-6-16(5-2)21-17)14-9-13(3)10-15(19)11-14/h6-7,9-11,18,20H,4-5,8,12H2,1-3H3. The van der Waals surface area contributed by atoms with Crippen LogP contribution in [0.4, 0.5) is 0 Å². The first-order chi connectivity index (χ1) is 10.1. The number of halogens is 1. The number of nitrogens with one attached hydrogen (secondary N) is 1. The third-order valence-electron chi connectivity index (χ3n) is 3.58. The first-order valence-corrected chi connectivity index (χ1v) is 8.89. The number of hydrogen-bond donors (Lipinski definition) is 1. The van der Waals surface area contributed by atoms with Crippen molar-refractivity contribution in [2.24, 2.45) is 0 Å². The lowest BCUT2D eigenvalue weighted by Crippen LogP contribution is -2.24. The Labute approximate surface area is 137 Å². The van der Waals surface area contributed by atoms with E-state index in [0.717, 1.165) is 30.8 Å². The van der Waals surface area contributed by atoms with Crippen molar-refractivity contribution >= 4 is 22.9 Å². The van der Waals surface area contributed by atoms with Crippen molar-refractivity contribution in [1.82, 2.24) is 5.32 Å². The number of benzene rings is 1. The Morgan fingerprint density at radius 1 is 1.14 bits per heavy atom. The minimum Gasteiger partial charge on any atom is -0.310 e. The molecule has 21 heavy (non-hydrogen) atoms. The molecule has 0 aliphatic rings. The van der Waals surface area contributed by atoms with Gasteiger partial charge in [-0.3, -0.25) is 0 Å². The fourth-order valence-corrected chi connectivity index (χ4v) is 3.82. The van der Waals surface area contributed by atoms with Crippen LogP contribution in [0.3, 0.4) is 0 Å². The molecule has 1 atom stereocenters. The van der Waals surface area contributed by atoms with E-state index < -0.39 is 0 Å². The summed E-state index contributed by atoms with van der Waals surface area (Å²) in [4.78, 5) is 2.90. The Morgan fingerprint density at radius 2 is 1.90 bits per heavy atom. The fourth-order valence-electron chi connectivity index (χ4n) is 2.52. The second-order valence-electron chi connectivity index (χ2n) is 5.49. The molecule has 1 aromatic carbocycles. The van der Waals surface area contributed by atoms with Crippen LogP contribution in [0.1, 0.15) is 47.2 Å². The van der Waals surface area contributed by atoms with Gasteiger partial charge in [0.05, 0.1) is 0 Å². The molecule has 0 fully saturated rings. The Bertz CT molecular complexity index is 556. The van der Waals surface area contributed by atoms with Gasteiger partial charge in [0.25, 0.3) is 0 Å². The zero-order valence-corrected chi connectivity index (χ0v) is 14.7. The minimum absolute atomic E-state index is 0.339. The molecule has 1 N–H and O–H groups in total. The summed E-state index contributed by atoms with van der Waals surface area (Å²) in [5, 5.41) is 4.49. The van der Waals surface area contributed by atoms with Crippen LogP contribution in [0.5, 0.6) is 0 Å². The second kappa shape index (κ2) is 7.98. The van der Waals surface area contributed by atoms with E-state index in [1.807, 2.05) is 17.4 Å². The van der Waals surface area contributed by atoms with E-state index in [0.29, 0.717) is 6.04 Å². The molecule has 1 unspecified atom stereocenters. The summed E-state index contributed by atoms with van der Waals surface area (Å²) < 4.78 is 0. The van der Waals surface area contributed by atoms with Crippen LogP contribution >= 0.6 is 22.9 Å². The van der Waals surface area contributed by atoms with Crippen LogP contribution in [0.25, 0.3) is 0 Å². The second-order valence-corrected chi connectivity index (χ2v) is 7.18. The van der Waals surface area contributed by atoms with Gasteiger partial charge in [-0.2, -0.15) is 0 Å². The lowest BCUT2D eigenvalue weighted by molar-refractivity contribution is 0.532. The van der Waals surface area contributed by atoms with Crippen molar-refractivity contribution in [2.45, 2.75) is 46.1 Å². The average molecular weight is 322 g/mol. The predicted molar refractivity (Wildman–Crippen MR) is 94.6 cm³/mol. The van der Waals surface area contributed by atoms with E-state index >= 15 is 0 Å². The highest BCUT2D eigenvalue weighted by Gasteiger charge is 2.14. The van der Waals surface area contributed by atoms with E-state index in [1.54, 1.807) is 0 Å². The molecule has 114 valence electrons. The van der Waals surface area contributed by atoms with Gasteiger partial charge < -0.3 is 5.32 Å². The van der Waals surface area contributed by atoms with Crippen molar-refractivity contribution in [3.05, 3.63) is 56.2 Å². The summed E-state index contributed by atoms with van der Waals surface area (Å²) in [5.41, 5.74) is 2.51. The van der Waals surface area contributed by atoms with Gasteiger partial charge in [0.15, 0.2) is 0 Å². The molecule has 0 amide bonds. The summed E-state index contributed by atoms with van der Waals surface area (Å²) in [5.74, 6) is 0. The maximum absolute atomic E-state index is 6.23. The molecule has 0 radical (unpaired) electrons. The van der Waals surface area contributed by atoms with E-state index in [4.69, 9.17) is 11.6 Å². The Hall–Kier alpha value is -0.830. The van der Waals surface area contributed by atoms with Crippen molar-refractivity contribution in [2.75, 3.05) is 6.54 Å². The van der Waals surface area contributed by atoms with Gasteiger partial charge in [-0.15, -0.1) is 11.3 Å². The summed E-state index contributed by atoms with van der Waals surface area (Å²) in [6.45, 7) is 7.55. The molecule has 0 spiro atoms. The third-order valence-corrected chi connectivity index (χ3v) is 5.05. The highest BCUT2D eigenvalue weighted by atomic mass is 35.5. The van der Waals surface area contributed by atoms with Crippen LogP contribution in [0, 0.1) is 6.92 Å². The van der Waals surface area contributed by atoms with Crippen LogP contribution in [-0.4, -0.2) is 6.54 Å². The van der Waals surface area contributed by atoms with Crippen molar-refractivity contribution in [3.8, 4) is 0 Å². The summed E-state index contributed by atoms with van der Waals surface area (Å²) in [6.07, 6.45) is 3.29. The minimum atomic E-state index is 0.339. The molecule has 0 saturated carbocycles. The van der Waals surface area contributed by atoms with Gasteiger partial charge in [-0.1, -0.05) is 31.5 Å². The topological polar surface area (TPSA) is 12.0 Å². The molecular formula is C18H24ClNS. The van der Waals surface area contributed by atoms with Crippen molar-refractivity contribution in [3.63, 3.8) is 0 Å². The zero-order chi connectivity index (χ0) is 15.2. The molecule has 1 nitrogen and oxygen atoms in total. The van der Waals surface area contributed by atoms with E-state index in [1.165, 1.54) is 20.9 Å². The van der Waals surface area contributed by atoms with Gasteiger partial charge in [-0.05, 0) is 61.7 Å². The summed E-state index contributed by atoms with van der Waals surface area (Å²) >= 11 is 8.16. The average Bonchev–Trinajstić information content (AvgIpc) is 2.90. The van der Waals surface area contributed by atoms with Crippen molar-refractivity contribution < 1.29 is 0 Å². The maximum atomic E-state index is 6.23. The monoisotopic (exact) mass is 321 g/mol. The molecular weight excluding hydrogens is 298 g/mol. The van der Waals surface area contributed by atoms with Crippen LogP contribution in [0.2, 0.25) is 5.02 Å². The maximum Gasteiger partial charge on any atom is 0.0411 e. The number of rotatable bonds is 7. The molecule has 0 saturated heterocycles. The third kappa shape index (κ3) is 4.84. The van der Waals surface area contributed by atoms with Crippen LogP contribution < -0.4 is 5.32 Å². The van der Waals surface area contributed by atoms with Gasteiger partial charge in [0.2, 0.25) is 0 Å². The van der Waals surface area contributed by atoms with E-state index in [2.05, 4.69) is 50.4 Å². The molecule has 0 aliphatic heterocycles. The van der Waals surface area contributed by atoms with Gasteiger partial charge in [-0.25, -0.2) is 0 Å². The van der Waals surface area contributed by atoms with Gasteiger partial charge in [0.1, 0.15) is 0 Å². The molecule has 3 heteroatoms. The SMILES string of the molecule is CCCNC(Cc1ccc(CC)s1)c1cc(C)cc(Cl)c1. The molecule has 0 aliphatic carbocycles. The molecule has 0 bridgehead atoms.